The summed E-state index contributed by atoms with van der Waals surface area (Å²) in [5, 5.41) is 11.4. The van der Waals surface area contributed by atoms with Crippen LogP contribution in [0.5, 0.6) is 5.75 Å². The summed E-state index contributed by atoms with van der Waals surface area (Å²) in [5.74, 6) is 0.176. The van der Waals surface area contributed by atoms with Gasteiger partial charge in [0.1, 0.15) is 5.75 Å². The Kier molecular flexibility index (Phi) is 4.96. The number of carbonyl (C=O) groups is 1. The Morgan fingerprint density at radius 1 is 1.35 bits per heavy atom. The molecule has 1 aromatic heterocycles. The number of aromatic hydroxyl groups is 1. The molecule has 0 atom stereocenters. The molecule has 1 aromatic carbocycles. The standard InChI is InChI=1S/C16H17NO2S/c1-2-17(12-15-7-4-10-20-15)16(19)9-8-13-5-3-6-14(18)11-13/h3-11,18H,2,12H2,1H3/b9-8+. The van der Waals surface area contributed by atoms with E-state index in [4.69, 9.17) is 0 Å². The zero-order chi connectivity index (χ0) is 14.4. The van der Waals surface area contributed by atoms with E-state index in [1.54, 1.807) is 46.6 Å². The number of likely N-dealkylation sites (N-methyl/N-ethyl adjacent to an activating group) is 1. The molecule has 1 N–H and O–H groups in total. The highest BCUT2D eigenvalue weighted by molar-refractivity contribution is 7.09. The summed E-state index contributed by atoms with van der Waals surface area (Å²) in [4.78, 5) is 15.1. The van der Waals surface area contributed by atoms with Crippen LogP contribution in [0.1, 0.15) is 17.4 Å². The maximum absolute atomic E-state index is 12.1. The van der Waals surface area contributed by atoms with Crippen molar-refractivity contribution in [2.24, 2.45) is 0 Å². The SMILES string of the molecule is CCN(Cc1cccs1)C(=O)/C=C/c1cccc(O)c1. The summed E-state index contributed by atoms with van der Waals surface area (Å²) >= 11 is 1.65. The van der Waals surface area contributed by atoms with Crippen LogP contribution in [0.3, 0.4) is 0 Å². The van der Waals surface area contributed by atoms with Gasteiger partial charge in [0.25, 0.3) is 0 Å². The molecule has 104 valence electrons. The molecule has 0 aliphatic rings. The lowest BCUT2D eigenvalue weighted by molar-refractivity contribution is -0.126. The van der Waals surface area contributed by atoms with Crippen LogP contribution < -0.4 is 0 Å². The Morgan fingerprint density at radius 2 is 2.20 bits per heavy atom. The summed E-state index contributed by atoms with van der Waals surface area (Å²) in [5.41, 5.74) is 0.811. The van der Waals surface area contributed by atoms with Crippen LogP contribution in [-0.2, 0) is 11.3 Å². The fourth-order valence-corrected chi connectivity index (χ4v) is 2.56. The third kappa shape index (κ3) is 3.96. The molecule has 0 saturated carbocycles. The topological polar surface area (TPSA) is 40.5 Å². The molecule has 1 amide bonds. The average Bonchev–Trinajstić information content (AvgIpc) is 2.95. The van der Waals surface area contributed by atoms with Gasteiger partial charge < -0.3 is 10.0 Å². The molecule has 0 radical (unpaired) electrons. The second-order valence-corrected chi connectivity index (χ2v) is 5.39. The van der Waals surface area contributed by atoms with E-state index in [0.717, 1.165) is 5.56 Å². The zero-order valence-corrected chi connectivity index (χ0v) is 12.1. The van der Waals surface area contributed by atoms with Crippen LogP contribution in [0, 0.1) is 0 Å². The van der Waals surface area contributed by atoms with E-state index in [1.165, 1.54) is 4.88 Å². The first-order chi connectivity index (χ1) is 9.69. The Bertz CT molecular complexity index is 590. The highest BCUT2D eigenvalue weighted by Gasteiger charge is 2.09. The van der Waals surface area contributed by atoms with Gasteiger partial charge in [0, 0.05) is 17.5 Å². The van der Waals surface area contributed by atoms with Crippen molar-refractivity contribution < 1.29 is 9.90 Å². The van der Waals surface area contributed by atoms with Gasteiger partial charge in [-0.15, -0.1) is 11.3 Å². The van der Waals surface area contributed by atoms with Crippen LogP contribution in [-0.4, -0.2) is 22.5 Å². The van der Waals surface area contributed by atoms with Crippen LogP contribution in [0.25, 0.3) is 6.08 Å². The number of hydrogen-bond donors (Lipinski definition) is 1. The molecule has 0 spiro atoms. The number of benzene rings is 1. The molecule has 3 nitrogen and oxygen atoms in total. The second kappa shape index (κ2) is 6.91. The van der Waals surface area contributed by atoms with Gasteiger partial charge in [-0.05, 0) is 42.1 Å². The minimum absolute atomic E-state index is 0.0238. The quantitative estimate of drug-likeness (QED) is 0.855. The lowest BCUT2D eigenvalue weighted by Gasteiger charge is -2.18. The van der Waals surface area contributed by atoms with Gasteiger partial charge in [-0.2, -0.15) is 0 Å². The van der Waals surface area contributed by atoms with Crippen molar-refractivity contribution in [2.75, 3.05) is 6.54 Å². The number of thiophene rings is 1. The van der Waals surface area contributed by atoms with Gasteiger partial charge in [-0.3, -0.25) is 4.79 Å². The Hall–Kier alpha value is -2.07. The van der Waals surface area contributed by atoms with E-state index < -0.39 is 0 Å². The monoisotopic (exact) mass is 287 g/mol. The smallest absolute Gasteiger partial charge is 0.246 e. The summed E-state index contributed by atoms with van der Waals surface area (Å²) in [6, 6.07) is 10.8. The van der Waals surface area contributed by atoms with Crippen LogP contribution in [0.15, 0.2) is 47.9 Å². The molecule has 0 fully saturated rings. The molecule has 0 aliphatic heterocycles. The fraction of sp³-hybridized carbons (Fsp3) is 0.188. The lowest BCUT2D eigenvalue weighted by Crippen LogP contribution is -2.28. The molecule has 20 heavy (non-hydrogen) atoms. The molecular formula is C16H17NO2S. The number of phenolic OH excluding ortho intramolecular Hbond substituents is 1. The summed E-state index contributed by atoms with van der Waals surface area (Å²) < 4.78 is 0. The molecule has 0 saturated heterocycles. The maximum Gasteiger partial charge on any atom is 0.246 e. The first-order valence-electron chi connectivity index (χ1n) is 6.47. The predicted molar refractivity (Wildman–Crippen MR) is 82.6 cm³/mol. The number of phenols is 1. The summed E-state index contributed by atoms with van der Waals surface area (Å²) in [6.07, 6.45) is 3.27. The van der Waals surface area contributed by atoms with Crippen molar-refractivity contribution in [2.45, 2.75) is 13.5 Å². The van der Waals surface area contributed by atoms with E-state index in [2.05, 4.69) is 0 Å². The summed E-state index contributed by atoms with van der Waals surface area (Å²) in [6.45, 7) is 3.27. The van der Waals surface area contributed by atoms with Gasteiger partial charge >= 0.3 is 0 Å². The van der Waals surface area contributed by atoms with E-state index in [0.29, 0.717) is 13.1 Å². The van der Waals surface area contributed by atoms with Crippen molar-refractivity contribution in [3.63, 3.8) is 0 Å². The zero-order valence-electron chi connectivity index (χ0n) is 11.3. The average molecular weight is 287 g/mol. The van der Waals surface area contributed by atoms with Gasteiger partial charge in [0.15, 0.2) is 0 Å². The van der Waals surface area contributed by atoms with E-state index in [-0.39, 0.29) is 11.7 Å². The largest absolute Gasteiger partial charge is 0.508 e. The highest BCUT2D eigenvalue weighted by Crippen LogP contribution is 2.14. The predicted octanol–water partition coefficient (Wildman–Crippen LogP) is 3.52. The van der Waals surface area contributed by atoms with E-state index in [9.17, 15) is 9.90 Å². The van der Waals surface area contributed by atoms with Crippen LogP contribution in [0.4, 0.5) is 0 Å². The van der Waals surface area contributed by atoms with Crippen molar-refractivity contribution in [1.82, 2.24) is 4.90 Å². The third-order valence-electron chi connectivity index (χ3n) is 2.91. The maximum atomic E-state index is 12.1. The Labute approximate surface area is 122 Å². The molecule has 0 aliphatic carbocycles. The van der Waals surface area contributed by atoms with Crippen molar-refractivity contribution in [3.05, 3.63) is 58.3 Å². The number of rotatable bonds is 5. The highest BCUT2D eigenvalue weighted by atomic mass is 32.1. The molecule has 1 heterocycles. The number of carbonyl (C=O) groups excluding carboxylic acids is 1. The first kappa shape index (κ1) is 14.3. The van der Waals surface area contributed by atoms with Gasteiger partial charge in [-0.25, -0.2) is 0 Å². The van der Waals surface area contributed by atoms with Gasteiger partial charge in [0.2, 0.25) is 5.91 Å². The number of amides is 1. The molecule has 2 aromatic rings. The molecule has 4 heteroatoms. The molecule has 0 unspecified atom stereocenters. The van der Waals surface area contributed by atoms with Crippen LogP contribution >= 0.6 is 11.3 Å². The molecule has 2 rings (SSSR count). The van der Waals surface area contributed by atoms with Crippen molar-refractivity contribution >= 4 is 23.3 Å². The normalized spacial score (nSPS) is 10.8. The molecular weight excluding hydrogens is 270 g/mol. The fourth-order valence-electron chi connectivity index (χ4n) is 1.84. The van der Waals surface area contributed by atoms with Crippen molar-refractivity contribution in [3.8, 4) is 5.75 Å². The molecule has 0 bridgehead atoms. The van der Waals surface area contributed by atoms with Crippen molar-refractivity contribution in [1.29, 1.82) is 0 Å². The Morgan fingerprint density at radius 3 is 2.85 bits per heavy atom. The summed E-state index contributed by atoms with van der Waals surface area (Å²) in [7, 11) is 0. The van der Waals surface area contributed by atoms with E-state index >= 15 is 0 Å². The van der Waals surface area contributed by atoms with E-state index in [1.807, 2.05) is 30.5 Å². The first-order valence-corrected chi connectivity index (χ1v) is 7.35. The van der Waals surface area contributed by atoms with Gasteiger partial charge in [-0.1, -0.05) is 18.2 Å². The minimum atomic E-state index is -0.0238. The van der Waals surface area contributed by atoms with Crippen LogP contribution in [0.2, 0.25) is 0 Å². The second-order valence-electron chi connectivity index (χ2n) is 4.36. The van der Waals surface area contributed by atoms with Gasteiger partial charge in [0.05, 0.1) is 6.54 Å². The Balaban J connectivity index is 2.02. The third-order valence-corrected chi connectivity index (χ3v) is 3.77. The lowest BCUT2D eigenvalue weighted by atomic mass is 10.2. The number of hydrogen-bond acceptors (Lipinski definition) is 3. The number of nitrogens with zero attached hydrogens (tertiary/aromatic N) is 1. The minimum Gasteiger partial charge on any atom is -0.508 e.